The molecule has 0 aliphatic heterocycles. The highest BCUT2D eigenvalue weighted by atomic mass is 32.2. The normalized spacial score (nSPS) is 24.0. The van der Waals surface area contributed by atoms with E-state index in [0.29, 0.717) is 51.1 Å². The van der Waals surface area contributed by atoms with E-state index in [4.69, 9.17) is 0 Å². The molecule has 5 amide bonds. The zero-order valence-corrected chi connectivity index (χ0v) is 29.5. The summed E-state index contributed by atoms with van der Waals surface area (Å²) in [4.78, 5) is 75.7. The van der Waals surface area contributed by atoms with Gasteiger partial charge in [-0.15, -0.1) is 6.58 Å². The van der Waals surface area contributed by atoms with Crippen LogP contribution in [0.25, 0.3) is 0 Å². The third kappa shape index (κ3) is 11.8. The summed E-state index contributed by atoms with van der Waals surface area (Å²) >= 11 is 1.58. The van der Waals surface area contributed by atoms with Crippen LogP contribution in [-0.4, -0.2) is 96.4 Å². The molecule has 4 unspecified atom stereocenters. The van der Waals surface area contributed by atoms with E-state index in [1.165, 1.54) is 0 Å². The molecule has 0 bridgehead atoms. The summed E-state index contributed by atoms with van der Waals surface area (Å²) in [6, 6.07) is -1.29. The van der Waals surface area contributed by atoms with E-state index in [1.807, 2.05) is 13.2 Å². The molecule has 2 aliphatic carbocycles. The van der Waals surface area contributed by atoms with Gasteiger partial charge in [-0.3, -0.25) is 19.2 Å². The first-order valence-corrected chi connectivity index (χ1v) is 18.1. The number of allylic oxidation sites excluding steroid dienone is 1. The van der Waals surface area contributed by atoms with Crippen molar-refractivity contribution in [3.05, 3.63) is 12.7 Å². The molecule has 0 saturated heterocycles. The van der Waals surface area contributed by atoms with Gasteiger partial charge in [0.05, 0.1) is 0 Å². The van der Waals surface area contributed by atoms with E-state index in [9.17, 15) is 33.9 Å². The molecule has 0 heterocycles. The van der Waals surface area contributed by atoms with E-state index in [-0.39, 0.29) is 54.2 Å². The lowest BCUT2D eigenvalue weighted by molar-refractivity contribution is -0.144. The van der Waals surface area contributed by atoms with Crippen LogP contribution in [0.3, 0.4) is 0 Å². The van der Waals surface area contributed by atoms with Crippen molar-refractivity contribution in [2.45, 2.75) is 95.7 Å². The van der Waals surface area contributed by atoms with Crippen molar-refractivity contribution in [3.63, 3.8) is 0 Å². The van der Waals surface area contributed by atoms with Crippen molar-refractivity contribution in [2.24, 2.45) is 23.7 Å². The first kappa shape index (κ1) is 40.0. The van der Waals surface area contributed by atoms with Crippen molar-refractivity contribution in [1.29, 1.82) is 0 Å². The molecule has 47 heavy (non-hydrogen) atoms. The molecule has 2 aliphatic rings. The predicted molar refractivity (Wildman–Crippen MR) is 183 cm³/mol. The average molecular weight is 681 g/mol. The molecular weight excluding hydrogens is 624 g/mol. The van der Waals surface area contributed by atoms with E-state index < -0.39 is 34.9 Å². The Hall–Kier alpha value is -3.13. The Morgan fingerprint density at radius 1 is 0.894 bits per heavy atom. The molecule has 266 valence electrons. The van der Waals surface area contributed by atoms with Gasteiger partial charge in [-0.1, -0.05) is 33.3 Å². The van der Waals surface area contributed by atoms with Gasteiger partial charge in [-0.2, -0.15) is 11.8 Å². The Bertz CT molecular complexity index is 1140. The van der Waals surface area contributed by atoms with Gasteiger partial charge in [0.25, 0.3) is 0 Å². The van der Waals surface area contributed by atoms with Gasteiger partial charge in [0.2, 0.25) is 17.7 Å². The highest BCUT2D eigenvalue weighted by molar-refractivity contribution is 7.98. The monoisotopic (exact) mass is 680 g/mol. The first-order chi connectivity index (χ1) is 22.3. The van der Waals surface area contributed by atoms with Crippen LogP contribution in [0.1, 0.15) is 78.6 Å². The Morgan fingerprint density at radius 2 is 1.55 bits per heavy atom. The number of amides is 5. The molecule has 0 spiro atoms. The number of hydrogen-bond donors (Lipinski definition) is 7. The molecule has 2 rings (SSSR count). The van der Waals surface area contributed by atoms with Crippen LogP contribution in [0, 0.1) is 23.7 Å². The Balaban J connectivity index is 1.81. The number of carbonyl (C=O) groups is 6. The Morgan fingerprint density at radius 3 is 2.15 bits per heavy atom. The van der Waals surface area contributed by atoms with Crippen molar-refractivity contribution in [1.82, 2.24) is 31.9 Å². The van der Waals surface area contributed by atoms with Crippen molar-refractivity contribution >= 4 is 47.3 Å². The maximum atomic E-state index is 13.5. The number of aliphatic carboxylic acids is 1. The number of unbranched alkanes of at least 4 members (excludes halogenated alkanes) is 2. The van der Waals surface area contributed by atoms with E-state index in [1.54, 1.807) is 38.7 Å². The maximum Gasteiger partial charge on any atom is 0.329 e. The number of carbonyl (C=O) groups excluding carboxylic acids is 5. The number of nitrogens with one attached hydrogen (secondary N) is 6. The van der Waals surface area contributed by atoms with Crippen LogP contribution in [0.2, 0.25) is 0 Å². The summed E-state index contributed by atoms with van der Waals surface area (Å²) in [6.45, 7) is 10.3. The molecule has 0 aromatic rings. The van der Waals surface area contributed by atoms with E-state index >= 15 is 0 Å². The lowest BCUT2D eigenvalue weighted by atomic mass is 10.0. The molecule has 7 N–H and O–H groups in total. The number of carboxylic acids is 1. The van der Waals surface area contributed by atoms with Gasteiger partial charge >= 0.3 is 12.0 Å². The first-order valence-electron chi connectivity index (χ1n) is 16.8. The molecule has 6 atom stereocenters. The number of rotatable bonds is 24. The highest BCUT2D eigenvalue weighted by Gasteiger charge is 2.63. The fourth-order valence-electron chi connectivity index (χ4n) is 5.79. The average Bonchev–Trinajstić information content (AvgIpc) is 3.93. The molecule has 0 aromatic heterocycles. The lowest BCUT2D eigenvalue weighted by Crippen LogP contribution is -2.60. The summed E-state index contributed by atoms with van der Waals surface area (Å²) in [5.74, 6) is -2.38. The van der Waals surface area contributed by atoms with Gasteiger partial charge in [-0.25, -0.2) is 9.59 Å². The Labute approximate surface area is 283 Å². The number of carboxylic acid groups (broad SMARTS) is 1. The second-order valence-electron chi connectivity index (χ2n) is 13.2. The van der Waals surface area contributed by atoms with Crippen molar-refractivity contribution < 1.29 is 33.9 Å². The standard InChI is InChI=1S/C33H56N6O7S/c1-7-22(4)25(40)13-9-8-10-15-35-31(46)36-16-11-12-23-18-33(23,30(44)45)39-28(42)27(21(2)3)37-29(43)32(19-24(32)20-47-6)38-26(41)14-17-34-5/h7,21-24,27,34H,1,8-20H2,2-6H3,(H,37,43)(H,38,41)(H,39,42)(H,44,45)(H2,35,36,46)/t22?,23?,24?,27-,32?,33+/m0/s1. The number of Topliss-reactive ketones (excluding diaryl/α,β-unsaturated/α-hetero) is 1. The maximum absolute atomic E-state index is 13.5. The third-order valence-electron chi connectivity index (χ3n) is 9.17. The molecule has 14 heteroatoms. The van der Waals surface area contributed by atoms with Gasteiger partial charge in [-0.05, 0) is 69.4 Å². The van der Waals surface area contributed by atoms with Crippen LogP contribution in [-0.2, 0) is 24.0 Å². The number of thioether (sulfide) groups is 1. The molecule has 0 radical (unpaired) electrons. The summed E-state index contributed by atoms with van der Waals surface area (Å²) in [5, 5.41) is 26.9. The zero-order chi connectivity index (χ0) is 35.2. The third-order valence-corrected chi connectivity index (χ3v) is 9.91. The van der Waals surface area contributed by atoms with Gasteiger partial charge in [0.15, 0.2) is 0 Å². The minimum absolute atomic E-state index is 0.0610. The second kappa shape index (κ2) is 19.0. The van der Waals surface area contributed by atoms with Crippen molar-refractivity contribution in [3.8, 4) is 0 Å². The SMILES string of the molecule is C=CC(C)C(=O)CCCCCNC(=O)NCCCC1C[C@]1(NC(=O)[C@@H](NC(=O)C1(NC(=O)CCNC)CC1CSC)C(C)C)C(=O)O. The van der Waals surface area contributed by atoms with Crippen LogP contribution < -0.4 is 31.9 Å². The molecular formula is C33H56N6O7S. The largest absolute Gasteiger partial charge is 0.479 e. The lowest BCUT2D eigenvalue weighted by Gasteiger charge is -2.27. The number of urea groups is 1. The van der Waals surface area contributed by atoms with Gasteiger partial charge < -0.3 is 37.0 Å². The topological polar surface area (TPSA) is 195 Å². The smallest absolute Gasteiger partial charge is 0.329 e. The molecule has 0 aromatic carbocycles. The van der Waals surface area contributed by atoms with Crippen LogP contribution >= 0.6 is 11.8 Å². The number of hydrogen-bond acceptors (Lipinski definition) is 8. The fraction of sp³-hybridized carbons (Fsp3) is 0.758. The van der Waals surface area contributed by atoms with E-state index in [2.05, 4.69) is 38.5 Å². The highest BCUT2D eigenvalue weighted by Crippen LogP contribution is 2.47. The van der Waals surface area contributed by atoms with Crippen LogP contribution in [0.15, 0.2) is 12.7 Å². The molecule has 2 fully saturated rings. The van der Waals surface area contributed by atoms with Crippen LogP contribution in [0.5, 0.6) is 0 Å². The van der Waals surface area contributed by atoms with Gasteiger partial charge in [0, 0.05) is 44.3 Å². The molecule has 13 nitrogen and oxygen atoms in total. The zero-order valence-electron chi connectivity index (χ0n) is 28.7. The quantitative estimate of drug-likeness (QED) is 0.0589. The van der Waals surface area contributed by atoms with E-state index in [0.717, 1.165) is 19.3 Å². The minimum Gasteiger partial charge on any atom is -0.479 e. The Kier molecular flexibility index (Phi) is 16.2. The van der Waals surface area contributed by atoms with Crippen molar-refractivity contribution in [2.75, 3.05) is 38.7 Å². The summed E-state index contributed by atoms with van der Waals surface area (Å²) in [6.07, 6.45) is 8.39. The van der Waals surface area contributed by atoms with Crippen LogP contribution in [0.4, 0.5) is 4.79 Å². The second-order valence-corrected chi connectivity index (χ2v) is 14.1. The summed E-state index contributed by atoms with van der Waals surface area (Å²) in [5.41, 5.74) is -2.51. The predicted octanol–water partition coefficient (Wildman–Crippen LogP) is 1.97. The summed E-state index contributed by atoms with van der Waals surface area (Å²) < 4.78 is 0. The molecule has 2 saturated carbocycles. The summed E-state index contributed by atoms with van der Waals surface area (Å²) in [7, 11) is 1.74. The minimum atomic E-state index is -1.43. The number of ketones is 1. The fourth-order valence-corrected chi connectivity index (χ4v) is 6.60. The van der Waals surface area contributed by atoms with Gasteiger partial charge in [0.1, 0.15) is 22.9 Å².